The van der Waals surface area contributed by atoms with Crippen LogP contribution in [0, 0.1) is 6.92 Å². The third kappa shape index (κ3) is 2.83. The highest BCUT2D eigenvalue weighted by molar-refractivity contribution is 6.05. The largest absolute Gasteiger partial charge is 0.478 e. The van der Waals surface area contributed by atoms with Gasteiger partial charge in [-0.05, 0) is 30.7 Å². The minimum atomic E-state index is -0.968. The van der Waals surface area contributed by atoms with Gasteiger partial charge in [-0.3, -0.25) is 0 Å². The van der Waals surface area contributed by atoms with E-state index in [1.54, 1.807) is 12.3 Å². The number of rotatable bonds is 3. The van der Waals surface area contributed by atoms with E-state index in [4.69, 9.17) is 0 Å². The van der Waals surface area contributed by atoms with Crippen LogP contribution in [0.4, 0.5) is 11.4 Å². The molecule has 1 aromatic heterocycles. The summed E-state index contributed by atoms with van der Waals surface area (Å²) in [7, 11) is 0. The zero-order valence-electron chi connectivity index (χ0n) is 14.6. The standard InChI is InChI=1S/C20H20N4O2/c1-14-4-2-3-5-17(14)23-8-10-24(11-9-23)18-7-6-15(20(25)26)19-16(18)12-21-13-22-19/h2-7,12-13H,8-11H2,1H3,(H,25,26). The Bertz CT molecular complexity index is 965. The highest BCUT2D eigenvalue weighted by Crippen LogP contribution is 2.29. The number of hydrogen-bond acceptors (Lipinski definition) is 5. The summed E-state index contributed by atoms with van der Waals surface area (Å²) in [5.74, 6) is -0.968. The number of carboxylic acids is 1. The van der Waals surface area contributed by atoms with Crippen molar-refractivity contribution in [1.82, 2.24) is 9.97 Å². The predicted octanol–water partition coefficient (Wildman–Crippen LogP) is 2.96. The van der Waals surface area contributed by atoms with Gasteiger partial charge in [0.1, 0.15) is 6.33 Å². The Kier molecular flexibility index (Phi) is 4.16. The van der Waals surface area contributed by atoms with E-state index in [1.165, 1.54) is 17.6 Å². The SMILES string of the molecule is Cc1ccccc1N1CCN(c2ccc(C(=O)O)c3ncncc23)CC1. The van der Waals surface area contributed by atoms with Crippen LogP contribution in [0.15, 0.2) is 48.9 Å². The lowest BCUT2D eigenvalue weighted by Gasteiger charge is -2.38. The minimum Gasteiger partial charge on any atom is -0.478 e. The average molecular weight is 348 g/mol. The number of nitrogens with zero attached hydrogens (tertiary/aromatic N) is 4. The zero-order chi connectivity index (χ0) is 18.1. The molecular formula is C20H20N4O2. The topological polar surface area (TPSA) is 69.6 Å². The molecule has 6 heteroatoms. The maximum Gasteiger partial charge on any atom is 0.337 e. The third-order valence-electron chi connectivity index (χ3n) is 4.96. The van der Waals surface area contributed by atoms with Gasteiger partial charge in [0.25, 0.3) is 0 Å². The molecule has 0 bridgehead atoms. The molecular weight excluding hydrogens is 328 g/mol. The lowest BCUT2D eigenvalue weighted by Crippen LogP contribution is -2.46. The fourth-order valence-electron chi connectivity index (χ4n) is 3.62. The van der Waals surface area contributed by atoms with Gasteiger partial charge in [-0.15, -0.1) is 0 Å². The first-order valence-corrected chi connectivity index (χ1v) is 8.66. The van der Waals surface area contributed by atoms with E-state index in [2.05, 4.69) is 51.0 Å². The van der Waals surface area contributed by atoms with Crippen molar-refractivity contribution in [1.29, 1.82) is 0 Å². The molecule has 1 fully saturated rings. The highest BCUT2D eigenvalue weighted by Gasteiger charge is 2.21. The van der Waals surface area contributed by atoms with E-state index in [-0.39, 0.29) is 5.56 Å². The van der Waals surface area contributed by atoms with Gasteiger partial charge in [-0.1, -0.05) is 18.2 Å². The van der Waals surface area contributed by atoms with Crippen molar-refractivity contribution in [3.63, 3.8) is 0 Å². The molecule has 2 aromatic carbocycles. The molecule has 0 aliphatic carbocycles. The third-order valence-corrected chi connectivity index (χ3v) is 4.96. The molecule has 26 heavy (non-hydrogen) atoms. The molecule has 0 unspecified atom stereocenters. The monoisotopic (exact) mass is 348 g/mol. The van der Waals surface area contributed by atoms with Crippen LogP contribution in [-0.2, 0) is 0 Å². The molecule has 1 N–H and O–H groups in total. The second kappa shape index (κ2) is 6.63. The molecule has 2 heterocycles. The van der Waals surface area contributed by atoms with Crippen LogP contribution in [0.25, 0.3) is 10.9 Å². The summed E-state index contributed by atoms with van der Waals surface area (Å²) in [6.45, 7) is 5.70. The fraction of sp³-hybridized carbons (Fsp3) is 0.250. The van der Waals surface area contributed by atoms with Crippen molar-refractivity contribution in [2.45, 2.75) is 6.92 Å². The number of anilines is 2. The van der Waals surface area contributed by atoms with Gasteiger partial charge in [0.15, 0.2) is 0 Å². The zero-order valence-corrected chi connectivity index (χ0v) is 14.6. The van der Waals surface area contributed by atoms with E-state index in [1.807, 2.05) is 6.07 Å². The summed E-state index contributed by atoms with van der Waals surface area (Å²) >= 11 is 0. The number of aromatic carboxylic acids is 1. The molecule has 0 atom stereocenters. The number of aryl methyl sites for hydroxylation is 1. The molecule has 1 aliphatic rings. The summed E-state index contributed by atoms with van der Waals surface area (Å²) in [6.07, 6.45) is 3.10. The lowest BCUT2D eigenvalue weighted by molar-refractivity contribution is 0.0699. The van der Waals surface area contributed by atoms with Gasteiger partial charge in [0, 0.05) is 49.1 Å². The first kappa shape index (κ1) is 16.3. The summed E-state index contributed by atoms with van der Waals surface area (Å²) in [6, 6.07) is 11.9. The van der Waals surface area contributed by atoms with Crippen LogP contribution in [-0.4, -0.2) is 47.2 Å². The van der Waals surface area contributed by atoms with E-state index in [0.717, 1.165) is 37.3 Å². The maximum atomic E-state index is 11.5. The van der Waals surface area contributed by atoms with Crippen molar-refractivity contribution in [2.75, 3.05) is 36.0 Å². The Hall–Kier alpha value is -3.15. The molecule has 3 aromatic rings. The molecule has 0 spiro atoms. The number of hydrogen-bond donors (Lipinski definition) is 1. The maximum absolute atomic E-state index is 11.5. The van der Waals surface area contributed by atoms with E-state index < -0.39 is 5.97 Å². The highest BCUT2D eigenvalue weighted by atomic mass is 16.4. The van der Waals surface area contributed by atoms with Crippen LogP contribution in [0.1, 0.15) is 15.9 Å². The summed E-state index contributed by atoms with van der Waals surface area (Å²) in [4.78, 5) is 24.4. The van der Waals surface area contributed by atoms with Gasteiger partial charge in [-0.2, -0.15) is 0 Å². The number of benzene rings is 2. The van der Waals surface area contributed by atoms with Gasteiger partial charge < -0.3 is 14.9 Å². The van der Waals surface area contributed by atoms with Gasteiger partial charge in [0.05, 0.1) is 11.1 Å². The van der Waals surface area contributed by atoms with E-state index in [9.17, 15) is 9.90 Å². The summed E-state index contributed by atoms with van der Waals surface area (Å²) < 4.78 is 0. The van der Waals surface area contributed by atoms with Crippen LogP contribution < -0.4 is 9.80 Å². The number of carboxylic acid groups (broad SMARTS) is 1. The van der Waals surface area contributed by atoms with Crippen LogP contribution >= 0.6 is 0 Å². The number of para-hydroxylation sites is 1. The van der Waals surface area contributed by atoms with E-state index >= 15 is 0 Å². The van der Waals surface area contributed by atoms with Crippen LogP contribution in [0.5, 0.6) is 0 Å². The van der Waals surface area contributed by atoms with Gasteiger partial charge in [-0.25, -0.2) is 14.8 Å². The first-order chi connectivity index (χ1) is 12.6. The Morgan fingerprint density at radius 2 is 1.69 bits per heavy atom. The quantitative estimate of drug-likeness (QED) is 0.785. The molecule has 0 radical (unpaired) electrons. The van der Waals surface area contributed by atoms with Gasteiger partial charge in [0.2, 0.25) is 0 Å². The van der Waals surface area contributed by atoms with Crippen LogP contribution in [0.2, 0.25) is 0 Å². The smallest absolute Gasteiger partial charge is 0.337 e. The molecule has 0 saturated carbocycles. The van der Waals surface area contributed by atoms with Crippen LogP contribution in [0.3, 0.4) is 0 Å². The fourth-order valence-corrected chi connectivity index (χ4v) is 3.62. The molecule has 4 rings (SSSR count). The van der Waals surface area contributed by atoms with Gasteiger partial charge >= 0.3 is 5.97 Å². The molecule has 1 aliphatic heterocycles. The number of piperazine rings is 1. The second-order valence-electron chi connectivity index (χ2n) is 6.48. The number of aromatic nitrogens is 2. The predicted molar refractivity (Wildman–Crippen MR) is 102 cm³/mol. The normalized spacial score (nSPS) is 14.7. The Balaban J connectivity index is 1.62. The van der Waals surface area contributed by atoms with Crippen molar-refractivity contribution in [2.24, 2.45) is 0 Å². The lowest BCUT2D eigenvalue weighted by atomic mass is 10.1. The number of carbonyl (C=O) groups is 1. The Labute approximate surface area is 151 Å². The number of fused-ring (bicyclic) bond motifs is 1. The molecule has 6 nitrogen and oxygen atoms in total. The molecule has 0 amide bonds. The summed E-state index contributed by atoms with van der Waals surface area (Å²) in [5.41, 5.74) is 4.26. The Morgan fingerprint density at radius 1 is 1.00 bits per heavy atom. The average Bonchev–Trinajstić information content (AvgIpc) is 2.67. The van der Waals surface area contributed by atoms with Crippen molar-refractivity contribution in [3.8, 4) is 0 Å². The minimum absolute atomic E-state index is 0.213. The first-order valence-electron chi connectivity index (χ1n) is 8.66. The second-order valence-corrected chi connectivity index (χ2v) is 6.48. The summed E-state index contributed by atoms with van der Waals surface area (Å²) in [5, 5.41) is 10.2. The van der Waals surface area contributed by atoms with E-state index in [0.29, 0.717) is 5.52 Å². The van der Waals surface area contributed by atoms with Crippen molar-refractivity contribution < 1.29 is 9.90 Å². The van der Waals surface area contributed by atoms with Crippen molar-refractivity contribution >= 4 is 28.2 Å². The molecule has 132 valence electrons. The molecule has 1 saturated heterocycles. The van der Waals surface area contributed by atoms with Crippen molar-refractivity contribution in [3.05, 3.63) is 60.0 Å². The Morgan fingerprint density at radius 3 is 2.38 bits per heavy atom.